The first kappa shape index (κ1) is 15.2. The van der Waals surface area contributed by atoms with Gasteiger partial charge in [-0.1, -0.05) is 23.8 Å². The van der Waals surface area contributed by atoms with E-state index in [1.165, 1.54) is 16.7 Å². The molecule has 0 spiro atoms. The molecule has 0 aromatic heterocycles. The summed E-state index contributed by atoms with van der Waals surface area (Å²) >= 11 is 0. The number of nitrogens with one attached hydrogen (secondary N) is 1. The van der Waals surface area contributed by atoms with Crippen molar-refractivity contribution in [2.75, 3.05) is 20.1 Å². The summed E-state index contributed by atoms with van der Waals surface area (Å²) < 4.78 is 0. The molecule has 0 aliphatic rings. The minimum atomic E-state index is 0.422. The minimum absolute atomic E-state index is 0.422. The first-order valence-corrected chi connectivity index (χ1v) is 6.92. The molecule has 0 aliphatic heterocycles. The Bertz CT molecular complexity index is 371. The zero-order chi connectivity index (χ0) is 13.7. The quantitative estimate of drug-likeness (QED) is 0.831. The van der Waals surface area contributed by atoms with Crippen LogP contribution in [0.2, 0.25) is 0 Å². The van der Waals surface area contributed by atoms with E-state index in [2.05, 4.69) is 70.1 Å². The molecule has 0 saturated carbocycles. The zero-order valence-corrected chi connectivity index (χ0v) is 12.7. The standard InChI is InChI=1S/C16H28N2/c1-12(2)18(6)10-9-17-15(5)16-11-13(3)7-8-14(16)4/h7-8,11-12,15,17H,9-10H2,1-6H3. The molecule has 18 heavy (non-hydrogen) atoms. The molecule has 0 radical (unpaired) electrons. The van der Waals surface area contributed by atoms with Crippen LogP contribution < -0.4 is 5.32 Å². The van der Waals surface area contributed by atoms with Crippen LogP contribution in [0.4, 0.5) is 0 Å². The van der Waals surface area contributed by atoms with Gasteiger partial charge in [0, 0.05) is 25.2 Å². The van der Waals surface area contributed by atoms with Crippen LogP contribution in [0.25, 0.3) is 0 Å². The average molecular weight is 248 g/mol. The topological polar surface area (TPSA) is 15.3 Å². The fraction of sp³-hybridized carbons (Fsp3) is 0.625. The largest absolute Gasteiger partial charge is 0.309 e. The summed E-state index contributed by atoms with van der Waals surface area (Å²) in [6.07, 6.45) is 0. The third-order valence-corrected chi connectivity index (χ3v) is 3.70. The number of rotatable bonds is 6. The van der Waals surface area contributed by atoms with Crippen molar-refractivity contribution in [1.29, 1.82) is 0 Å². The molecule has 2 nitrogen and oxygen atoms in total. The first-order chi connectivity index (χ1) is 8.41. The molecule has 2 heteroatoms. The summed E-state index contributed by atoms with van der Waals surface area (Å²) in [7, 11) is 2.18. The Morgan fingerprint density at radius 1 is 1.17 bits per heavy atom. The lowest BCUT2D eigenvalue weighted by atomic mass is 10.00. The molecule has 1 unspecified atom stereocenters. The van der Waals surface area contributed by atoms with E-state index in [1.54, 1.807) is 0 Å². The number of likely N-dealkylation sites (N-methyl/N-ethyl adjacent to an activating group) is 1. The van der Waals surface area contributed by atoms with Gasteiger partial charge in [-0.05, 0) is 52.8 Å². The van der Waals surface area contributed by atoms with Crippen LogP contribution in [0.3, 0.4) is 0 Å². The number of hydrogen-bond donors (Lipinski definition) is 1. The summed E-state index contributed by atoms with van der Waals surface area (Å²) in [6, 6.07) is 7.72. The van der Waals surface area contributed by atoms with Crippen molar-refractivity contribution in [3.63, 3.8) is 0 Å². The van der Waals surface area contributed by atoms with Gasteiger partial charge in [-0.25, -0.2) is 0 Å². The molecule has 0 bridgehead atoms. The molecular formula is C16H28N2. The van der Waals surface area contributed by atoms with Crippen molar-refractivity contribution in [3.05, 3.63) is 34.9 Å². The molecule has 0 aliphatic carbocycles. The van der Waals surface area contributed by atoms with E-state index in [0.29, 0.717) is 12.1 Å². The third-order valence-electron chi connectivity index (χ3n) is 3.70. The molecular weight excluding hydrogens is 220 g/mol. The van der Waals surface area contributed by atoms with Crippen LogP contribution in [-0.2, 0) is 0 Å². The first-order valence-electron chi connectivity index (χ1n) is 6.92. The molecule has 0 saturated heterocycles. The van der Waals surface area contributed by atoms with Gasteiger partial charge in [0.15, 0.2) is 0 Å². The molecule has 0 fully saturated rings. The van der Waals surface area contributed by atoms with E-state index in [-0.39, 0.29) is 0 Å². The van der Waals surface area contributed by atoms with Crippen molar-refractivity contribution in [2.45, 2.75) is 46.7 Å². The maximum atomic E-state index is 3.61. The van der Waals surface area contributed by atoms with Crippen molar-refractivity contribution in [2.24, 2.45) is 0 Å². The van der Waals surface area contributed by atoms with Gasteiger partial charge in [-0.15, -0.1) is 0 Å². The fourth-order valence-corrected chi connectivity index (χ4v) is 2.05. The number of nitrogens with zero attached hydrogens (tertiary/aromatic N) is 1. The van der Waals surface area contributed by atoms with E-state index in [0.717, 1.165) is 13.1 Å². The van der Waals surface area contributed by atoms with Gasteiger partial charge < -0.3 is 10.2 Å². The van der Waals surface area contributed by atoms with Gasteiger partial charge in [0.05, 0.1) is 0 Å². The Hall–Kier alpha value is -0.860. The lowest BCUT2D eigenvalue weighted by molar-refractivity contribution is 0.270. The number of aryl methyl sites for hydroxylation is 2. The number of hydrogen-bond acceptors (Lipinski definition) is 2. The summed E-state index contributed by atoms with van der Waals surface area (Å²) in [5.74, 6) is 0. The van der Waals surface area contributed by atoms with E-state index in [4.69, 9.17) is 0 Å². The zero-order valence-electron chi connectivity index (χ0n) is 12.7. The maximum absolute atomic E-state index is 3.61. The van der Waals surface area contributed by atoms with Gasteiger partial charge in [-0.3, -0.25) is 0 Å². The van der Waals surface area contributed by atoms with E-state index < -0.39 is 0 Å². The maximum Gasteiger partial charge on any atom is 0.0295 e. The predicted molar refractivity (Wildman–Crippen MR) is 80.1 cm³/mol. The van der Waals surface area contributed by atoms with Gasteiger partial charge >= 0.3 is 0 Å². The highest BCUT2D eigenvalue weighted by atomic mass is 15.1. The highest BCUT2D eigenvalue weighted by Gasteiger charge is 2.09. The van der Waals surface area contributed by atoms with Gasteiger partial charge in [0.2, 0.25) is 0 Å². The van der Waals surface area contributed by atoms with E-state index >= 15 is 0 Å². The lowest BCUT2D eigenvalue weighted by Crippen LogP contribution is -2.34. The van der Waals surface area contributed by atoms with Crippen LogP contribution >= 0.6 is 0 Å². The van der Waals surface area contributed by atoms with Crippen LogP contribution in [0.15, 0.2) is 18.2 Å². The lowest BCUT2D eigenvalue weighted by Gasteiger charge is -2.23. The number of benzene rings is 1. The van der Waals surface area contributed by atoms with Crippen molar-refractivity contribution in [3.8, 4) is 0 Å². The molecule has 102 valence electrons. The molecule has 1 rings (SSSR count). The van der Waals surface area contributed by atoms with Crippen LogP contribution in [0.5, 0.6) is 0 Å². The van der Waals surface area contributed by atoms with Crippen molar-refractivity contribution in [1.82, 2.24) is 10.2 Å². The Morgan fingerprint density at radius 3 is 2.44 bits per heavy atom. The summed E-state index contributed by atoms with van der Waals surface area (Å²) in [5.41, 5.74) is 4.13. The summed E-state index contributed by atoms with van der Waals surface area (Å²) in [6.45, 7) is 13.2. The van der Waals surface area contributed by atoms with Crippen LogP contribution in [0, 0.1) is 13.8 Å². The fourth-order valence-electron chi connectivity index (χ4n) is 2.05. The molecule has 1 atom stereocenters. The van der Waals surface area contributed by atoms with Gasteiger partial charge in [0.25, 0.3) is 0 Å². The van der Waals surface area contributed by atoms with Crippen LogP contribution in [0.1, 0.15) is 43.5 Å². The molecule has 0 heterocycles. The second kappa shape index (κ2) is 6.91. The second-order valence-electron chi connectivity index (χ2n) is 5.61. The minimum Gasteiger partial charge on any atom is -0.309 e. The Kier molecular flexibility index (Phi) is 5.83. The molecule has 1 aromatic rings. The molecule has 1 N–H and O–H groups in total. The molecule has 1 aromatic carbocycles. The highest BCUT2D eigenvalue weighted by Crippen LogP contribution is 2.18. The highest BCUT2D eigenvalue weighted by molar-refractivity contribution is 5.32. The van der Waals surface area contributed by atoms with E-state index in [9.17, 15) is 0 Å². The smallest absolute Gasteiger partial charge is 0.0295 e. The normalized spacial score (nSPS) is 13.3. The SMILES string of the molecule is Cc1ccc(C)c(C(C)NCCN(C)C(C)C)c1. The Morgan fingerprint density at radius 2 is 1.83 bits per heavy atom. The van der Waals surface area contributed by atoms with E-state index in [1.807, 2.05) is 0 Å². The third kappa shape index (κ3) is 4.43. The van der Waals surface area contributed by atoms with Crippen molar-refractivity contribution < 1.29 is 0 Å². The van der Waals surface area contributed by atoms with Gasteiger partial charge in [0.1, 0.15) is 0 Å². The van der Waals surface area contributed by atoms with Crippen LogP contribution in [-0.4, -0.2) is 31.1 Å². The predicted octanol–water partition coefficient (Wildman–Crippen LogP) is 3.29. The van der Waals surface area contributed by atoms with Crippen molar-refractivity contribution >= 4 is 0 Å². The Labute approximate surface area is 112 Å². The Balaban J connectivity index is 2.50. The summed E-state index contributed by atoms with van der Waals surface area (Å²) in [4.78, 5) is 2.36. The monoisotopic (exact) mass is 248 g/mol. The molecule has 0 amide bonds. The van der Waals surface area contributed by atoms with Gasteiger partial charge in [-0.2, -0.15) is 0 Å². The second-order valence-corrected chi connectivity index (χ2v) is 5.61. The average Bonchev–Trinajstić information content (AvgIpc) is 2.31. The summed E-state index contributed by atoms with van der Waals surface area (Å²) in [5, 5.41) is 3.61.